The molecule has 0 spiro atoms. The number of amides is 13. The topological polar surface area (TPSA) is 568 Å². The SMILES string of the molecule is C=CC(=O)NCCCC(O)COCC(COCC(O)CCCNC(=O)C=C)OCC(O)CCCNC(=O)C=C.C=CC(=O)NCCOCC(COCCNC(=O)C=C)(COCCNC(=O)C=C)COCC(COCCNC(=O)C=C)(COCCNC(=O)C=C)COCCNC(=O)C=C.C=CC(=O)NCCOCC(COCCNC(=O)C=C)(COCCNC(=O)C=C)COCCNC(=O)C=C. The molecule has 16 N–H and O–H groups in total. The molecule has 3 atom stereocenters. The number of aliphatic hydroxyl groups is 3. The van der Waals surface area contributed by atoms with Crippen molar-refractivity contribution in [2.45, 2.75) is 62.9 Å². The zero-order chi connectivity index (χ0) is 101. The summed E-state index contributed by atoms with van der Waals surface area (Å²) in [5, 5.41) is 64.7. The van der Waals surface area contributed by atoms with E-state index in [1.54, 1.807) is 0 Å². The number of nitrogens with one attached hydrogen (secondary N) is 13. The van der Waals surface area contributed by atoms with Gasteiger partial charge in [-0.2, -0.15) is 0 Å². The van der Waals surface area contributed by atoms with Crippen LogP contribution in [0.3, 0.4) is 0 Å². The fourth-order valence-corrected chi connectivity index (χ4v) is 10.5. The van der Waals surface area contributed by atoms with E-state index in [1.165, 1.54) is 42.5 Å². The number of aliphatic hydroxyl groups excluding tert-OH is 3. The van der Waals surface area contributed by atoms with E-state index in [0.717, 1.165) is 36.5 Å². The minimum atomic E-state index is -0.986. The van der Waals surface area contributed by atoms with Crippen LogP contribution in [0.25, 0.3) is 0 Å². The lowest BCUT2D eigenvalue weighted by Crippen LogP contribution is -2.47. The predicted molar refractivity (Wildman–Crippen MR) is 505 cm³/mol. The van der Waals surface area contributed by atoms with Crippen molar-refractivity contribution in [2.75, 3.05) is 263 Å². The van der Waals surface area contributed by atoms with E-state index in [2.05, 4.69) is 155 Å². The van der Waals surface area contributed by atoms with Gasteiger partial charge < -0.3 is 151 Å². The maximum Gasteiger partial charge on any atom is 0.243 e. The van der Waals surface area contributed by atoms with Gasteiger partial charge in [0.1, 0.15) is 6.10 Å². The van der Waals surface area contributed by atoms with Gasteiger partial charge in [0.2, 0.25) is 76.8 Å². The van der Waals surface area contributed by atoms with Crippen LogP contribution in [0.2, 0.25) is 0 Å². The highest BCUT2D eigenvalue weighted by Gasteiger charge is 2.38. The number of rotatable bonds is 90. The minimum Gasteiger partial charge on any atom is -0.391 e. The van der Waals surface area contributed by atoms with Crippen molar-refractivity contribution in [3.63, 3.8) is 0 Å². The summed E-state index contributed by atoms with van der Waals surface area (Å²) >= 11 is 0. The molecule has 3 unspecified atom stereocenters. The molecule has 43 nitrogen and oxygen atoms in total. The normalized spacial score (nSPS) is 11.7. The Bertz CT molecular complexity index is 3090. The van der Waals surface area contributed by atoms with Crippen molar-refractivity contribution in [1.29, 1.82) is 0 Å². The van der Waals surface area contributed by atoms with Crippen molar-refractivity contribution >= 4 is 76.8 Å². The van der Waals surface area contributed by atoms with Crippen LogP contribution in [0.5, 0.6) is 0 Å². The van der Waals surface area contributed by atoms with Crippen LogP contribution in [0.4, 0.5) is 0 Å². The van der Waals surface area contributed by atoms with Crippen molar-refractivity contribution in [1.82, 2.24) is 69.1 Å². The summed E-state index contributed by atoms with van der Waals surface area (Å²) < 4.78 is 82.6. The molecule has 0 radical (unpaired) electrons. The molecule has 0 saturated carbocycles. The minimum absolute atomic E-state index is 0.0178. The molecule has 0 rings (SSSR count). The van der Waals surface area contributed by atoms with Crippen LogP contribution in [0, 0.1) is 16.2 Å². The molecule has 0 saturated heterocycles. The van der Waals surface area contributed by atoms with Gasteiger partial charge in [-0.15, -0.1) is 0 Å². The van der Waals surface area contributed by atoms with Crippen molar-refractivity contribution < 1.29 is 144 Å². The maximum atomic E-state index is 11.7. The standard InChI is InChI=1S/C40H64N6O13.C27H47N3O9.C25H40N4O8/c1-7-33(47)41-13-19-53-25-39(26-54-20-14-42-34(48)8-2,27-55-21-15-43-35(49)9-3)31-59-32-40(28-56-22-16-44-36(50)10-4,29-57-23-17-45-37(51)11-5)30-58-24-18-46-38(52)12-6;1-4-25(34)28-13-7-10-21(31)16-37-19-24(39-18-23(33)12-9-15-30-27(36)6-3)20-38-17-22(32)11-8-14-29-26(35)5-2;1-5-21(30)26-9-13-34-17-25(18-35-14-10-27-22(31)6-2,19-36-15-11-28-23(32)7-3)20-37-16-12-29-24(33)8-4/h7-12H,1-6,13-32H2,(H,41,47)(H,42,48)(H,43,49)(H,44,50)(H,45,51)(H,46,52);4-6,21-24,31-33H,1-3,7-20H2,(H,28,34)(H,29,35)(H,30,36);5-8H,1-4,9-20H2,(H,26,30)(H,27,31)(H,28,32)(H,29,33). The third kappa shape index (κ3) is 79.0. The quantitative estimate of drug-likeness (QED) is 0.0228. The van der Waals surface area contributed by atoms with Crippen LogP contribution in [0.15, 0.2) is 165 Å². The van der Waals surface area contributed by atoms with E-state index >= 15 is 0 Å². The first-order chi connectivity index (χ1) is 65.0. The first-order valence-corrected chi connectivity index (χ1v) is 43.9. The van der Waals surface area contributed by atoms with Gasteiger partial charge in [0, 0.05) is 85.1 Å². The summed E-state index contributed by atoms with van der Waals surface area (Å²) in [5.74, 6) is -4.25. The average Bonchev–Trinajstić information content (AvgIpc) is 0.854. The number of hydrogen-bond acceptors (Lipinski definition) is 30. The highest BCUT2D eigenvalue weighted by Crippen LogP contribution is 2.26. The molecule has 43 heteroatoms. The lowest BCUT2D eigenvalue weighted by atomic mass is 9.90. The Morgan fingerprint density at radius 1 is 0.200 bits per heavy atom. The number of carbonyl (C=O) groups excluding carboxylic acids is 13. The zero-order valence-electron chi connectivity index (χ0n) is 78.4. The highest BCUT2D eigenvalue weighted by molar-refractivity contribution is 5.91. The molecular formula is C92H151N13O30. The third-order valence-electron chi connectivity index (χ3n) is 17.6. The van der Waals surface area contributed by atoms with E-state index in [4.69, 9.17) is 66.3 Å². The Morgan fingerprint density at radius 2 is 0.341 bits per heavy atom. The van der Waals surface area contributed by atoms with E-state index < -0.39 is 40.7 Å². The molecule has 0 aromatic heterocycles. The van der Waals surface area contributed by atoms with Gasteiger partial charge in [0.15, 0.2) is 0 Å². The third-order valence-corrected chi connectivity index (χ3v) is 17.6. The molecule has 0 aromatic carbocycles. The smallest absolute Gasteiger partial charge is 0.243 e. The van der Waals surface area contributed by atoms with Crippen LogP contribution in [-0.2, 0) is 129 Å². The lowest BCUT2D eigenvalue weighted by Gasteiger charge is -2.37. The Balaban J connectivity index is -0.00000201. The Labute approximate surface area is 793 Å². The van der Waals surface area contributed by atoms with Crippen LogP contribution >= 0.6 is 0 Å². The molecule has 0 bridgehead atoms. The molecular weight excluding hydrogens is 1770 g/mol. The van der Waals surface area contributed by atoms with Gasteiger partial charge in [-0.25, -0.2) is 0 Å². The van der Waals surface area contributed by atoms with Crippen LogP contribution in [0.1, 0.15) is 38.5 Å². The predicted octanol–water partition coefficient (Wildman–Crippen LogP) is -2.13. The van der Waals surface area contributed by atoms with E-state index in [0.29, 0.717) is 58.2 Å². The Morgan fingerprint density at radius 3 is 0.496 bits per heavy atom. The molecule has 0 aliphatic rings. The second kappa shape index (κ2) is 88.3. The second-order valence-electron chi connectivity index (χ2n) is 29.4. The summed E-state index contributed by atoms with van der Waals surface area (Å²) in [6.45, 7) is 50.6. The van der Waals surface area contributed by atoms with Crippen molar-refractivity contribution in [3.8, 4) is 0 Å². The van der Waals surface area contributed by atoms with Gasteiger partial charge in [-0.05, 0) is 118 Å². The first kappa shape index (κ1) is 128. The fraction of sp³-hybridized carbons (Fsp3) is 0.576. The van der Waals surface area contributed by atoms with Gasteiger partial charge >= 0.3 is 0 Å². The number of hydrogen-bond donors (Lipinski definition) is 16. The molecule has 0 heterocycles. The van der Waals surface area contributed by atoms with Gasteiger partial charge in [-0.3, -0.25) is 62.3 Å². The maximum absolute atomic E-state index is 11.7. The Kier molecular flexibility index (Phi) is 83.9. The fourth-order valence-electron chi connectivity index (χ4n) is 10.5. The van der Waals surface area contributed by atoms with Gasteiger partial charge in [0.25, 0.3) is 0 Å². The molecule has 0 aromatic rings. The van der Waals surface area contributed by atoms with E-state index in [-0.39, 0.29) is 321 Å². The number of ether oxygens (including phenoxy) is 14. The summed E-state index contributed by atoms with van der Waals surface area (Å²) in [7, 11) is 0. The zero-order valence-corrected chi connectivity index (χ0v) is 78.4. The van der Waals surface area contributed by atoms with Gasteiger partial charge in [0.05, 0.1) is 213 Å². The molecule has 764 valence electrons. The number of carbonyl (C=O) groups is 13. The van der Waals surface area contributed by atoms with Crippen LogP contribution < -0.4 is 69.1 Å². The molecule has 0 aliphatic heterocycles. The second-order valence-corrected chi connectivity index (χ2v) is 29.4. The molecule has 13 amide bonds. The summed E-state index contributed by atoms with van der Waals surface area (Å²) in [4.78, 5) is 149. The van der Waals surface area contributed by atoms with Gasteiger partial charge in [-0.1, -0.05) is 85.5 Å². The lowest BCUT2D eigenvalue weighted by molar-refractivity contribution is -0.142. The first-order valence-electron chi connectivity index (χ1n) is 43.9. The van der Waals surface area contributed by atoms with E-state index in [9.17, 15) is 77.6 Å². The van der Waals surface area contributed by atoms with Crippen LogP contribution in [-0.4, -0.2) is 380 Å². The average molecular weight is 1920 g/mol. The highest BCUT2D eigenvalue weighted by atomic mass is 16.6. The summed E-state index contributed by atoms with van der Waals surface area (Å²) in [6, 6.07) is 0. The monoisotopic (exact) mass is 1920 g/mol. The largest absolute Gasteiger partial charge is 0.391 e. The van der Waals surface area contributed by atoms with Crippen molar-refractivity contribution in [2.24, 2.45) is 16.2 Å². The Hall–Kier alpha value is -10.9. The van der Waals surface area contributed by atoms with E-state index in [1.807, 2.05) is 0 Å². The summed E-state index contributed by atoms with van der Waals surface area (Å²) in [5.41, 5.74) is -2.74. The molecule has 0 aliphatic carbocycles. The molecule has 135 heavy (non-hydrogen) atoms. The molecule has 0 fully saturated rings. The summed E-state index contributed by atoms with van der Waals surface area (Å²) in [6.07, 6.45) is 15.3. The van der Waals surface area contributed by atoms with Crippen molar-refractivity contribution in [3.05, 3.63) is 165 Å².